The highest BCUT2D eigenvalue weighted by Crippen LogP contribution is 2.24. The Morgan fingerprint density at radius 2 is 1.93 bits per heavy atom. The van der Waals surface area contributed by atoms with Gasteiger partial charge in [-0.1, -0.05) is 13.8 Å². The first-order valence-corrected chi connectivity index (χ1v) is 6.29. The molecule has 1 aromatic rings. The first-order chi connectivity index (χ1) is 6.83. The zero-order valence-electron chi connectivity index (χ0n) is 9.84. The van der Waals surface area contributed by atoms with Crippen LogP contribution in [0, 0.1) is 0 Å². The van der Waals surface area contributed by atoms with Gasteiger partial charge >= 0.3 is 0 Å². The minimum Gasteiger partial charge on any atom is -0.354 e. The Morgan fingerprint density at radius 1 is 1.33 bits per heavy atom. The molecule has 1 N–H and O–H groups in total. The quantitative estimate of drug-likeness (QED) is 0.828. The molecule has 0 aliphatic carbocycles. The second-order valence-corrected chi connectivity index (χ2v) is 5.98. The van der Waals surface area contributed by atoms with Gasteiger partial charge in [-0.15, -0.1) is 11.6 Å². The predicted octanol–water partition coefficient (Wildman–Crippen LogP) is 3.48. The van der Waals surface area contributed by atoms with E-state index in [1.54, 1.807) is 0 Å². The summed E-state index contributed by atoms with van der Waals surface area (Å²) in [5.74, 6) is 1.26. The summed E-state index contributed by atoms with van der Waals surface area (Å²) in [6.45, 7) is 10.3. The van der Waals surface area contributed by atoms with Crippen LogP contribution in [0.3, 0.4) is 0 Å². The summed E-state index contributed by atoms with van der Waals surface area (Å²) < 4.78 is 4.28. The van der Waals surface area contributed by atoms with Gasteiger partial charge < -0.3 is 5.32 Å². The van der Waals surface area contributed by atoms with Crippen LogP contribution in [0.25, 0.3) is 0 Å². The molecule has 0 fully saturated rings. The third kappa shape index (κ3) is 3.31. The van der Waals surface area contributed by atoms with Crippen molar-refractivity contribution < 1.29 is 0 Å². The van der Waals surface area contributed by atoms with Gasteiger partial charge in [-0.2, -0.15) is 4.37 Å². The molecular formula is C10H18ClN3S. The lowest BCUT2D eigenvalue weighted by Crippen LogP contribution is -2.38. The molecule has 0 aromatic carbocycles. The third-order valence-corrected chi connectivity index (χ3v) is 3.57. The summed E-state index contributed by atoms with van der Waals surface area (Å²) >= 11 is 7.47. The summed E-state index contributed by atoms with van der Waals surface area (Å²) in [5.41, 5.74) is -0.171. The van der Waals surface area contributed by atoms with Gasteiger partial charge in [0.05, 0.1) is 10.9 Å². The summed E-state index contributed by atoms with van der Waals surface area (Å²) in [7, 11) is 0. The summed E-state index contributed by atoms with van der Waals surface area (Å²) in [6.07, 6.45) is 0. The topological polar surface area (TPSA) is 37.8 Å². The zero-order chi connectivity index (χ0) is 11.6. The molecule has 0 bridgehead atoms. The van der Waals surface area contributed by atoms with Crippen LogP contribution in [0.15, 0.2) is 0 Å². The fourth-order valence-electron chi connectivity index (χ4n) is 0.895. The van der Waals surface area contributed by atoms with Crippen molar-refractivity contribution in [2.24, 2.45) is 0 Å². The molecule has 0 aliphatic heterocycles. The highest BCUT2D eigenvalue weighted by molar-refractivity contribution is 7.09. The number of nitrogens with zero attached hydrogens (tertiary/aromatic N) is 2. The van der Waals surface area contributed by atoms with E-state index in [0.29, 0.717) is 5.92 Å². The molecule has 1 rings (SSSR count). The molecule has 0 saturated heterocycles. The van der Waals surface area contributed by atoms with Gasteiger partial charge in [-0.3, -0.25) is 0 Å². The minimum absolute atomic E-state index is 0.0314. The van der Waals surface area contributed by atoms with E-state index < -0.39 is 0 Å². The number of aromatic nitrogens is 2. The monoisotopic (exact) mass is 247 g/mol. The van der Waals surface area contributed by atoms with Crippen LogP contribution in [0.4, 0.5) is 5.13 Å². The Labute approximate surface area is 100 Å². The molecule has 0 amide bonds. The Morgan fingerprint density at radius 3 is 2.33 bits per heavy atom. The summed E-state index contributed by atoms with van der Waals surface area (Å²) in [4.78, 5) is 4.41. The second kappa shape index (κ2) is 4.66. The molecule has 0 spiro atoms. The SMILES string of the molecule is CC(C)c1nsc(NC(C)(C)C(C)Cl)n1. The number of anilines is 1. The molecule has 1 aromatic heterocycles. The van der Waals surface area contributed by atoms with E-state index in [0.717, 1.165) is 11.0 Å². The van der Waals surface area contributed by atoms with Crippen LogP contribution >= 0.6 is 23.1 Å². The molecule has 1 unspecified atom stereocenters. The number of alkyl halides is 1. The molecule has 5 heteroatoms. The summed E-state index contributed by atoms with van der Waals surface area (Å²) in [5, 5.41) is 4.18. The van der Waals surface area contributed by atoms with Gasteiger partial charge in [0.25, 0.3) is 0 Å². The van der Waals surface area contributed by atoms with Crippen molar-refractivity contribution >= 4 is 28.3 Å². The molecule has 0 aliphatic rings. The molecule has 15 heavy (non-hydrogen) atoms. The van der Waals surface area contributed by atoms with Crippen LogP contribution in [-0.4, -0.2) is 20.3 Å². The number of hydrogen-bond acceptors (Lipinski definition) is 4. The Bertz CT molecular complexity index is 320. The van der Waals surface area contributed by atoms with Crippen molar-refractivity contribution in [3.05, 3.63) is 5.82 Å². The normalized spacial score (nSPS) is 14.3. The lowest BCUT2D eigenvalue weighted by molar-refractivity contribution is 0.554. The van der Waals surface area contributed by atoms with Gasteiger partial charge in [-0.05, 0) is 20.8 Å². The van der Waals surface area contributed by atoms with Crippen molar-refractivity contribution in [2.75, 3.05) is 5.32 Å². The number of halogens is 1. The molecule has 1 heterocycles. The Kier molecular flexibility index (Phi) is 3.95. The average molecular weight is 248 g/mol. The largest absolute Gasteiger partial charge is 0.354 e. The smallest absolute Gasteiger partial charge is 0.203 e. The number of nitrogens with one attached hydrogen (secondary N) is 1. The van der Waals surface area contributed by atoms with Crippen LogP contribution in [-0.2, 0) is 0 Å². The predicted molar refractivity (Wildman–Crippen MR) is 67.0 cm³/mol. The van der Waals surface area contributed by atoms with Gasteiger partial charge in [0, 0.05) is 17.5 Å². The van der Waals surface area contributed by atoms with E-state index in [1.165, 1.54) is 11.5 Å². The average Bonchev–Trinajstić information content (AvgIpc) is 2.51. The maximum Gasteiger partial charge on any atom is 0.203 e. The fraction of sp³-hybridized carbons (Fsp3) is 0.800. The highest BCUT2D eigenvalue weighted by atomic mass is 35.5. The van der Waals surface area contributed by atoms with E-state index >= 15 is 0 Å². The number of hydrogen-bond donors (Lipinski definition) is 1. The van der Waals surface area contributed by atoms with Crippen molar-refractivity contribution in [1.29, 1.82) is 0 Å². The molecule has 3 nitrogen and oxygen atoms in total. The standard InChI is InChI=1S/C10H18ClN3S/c1-6(2)8-12-9(15-14-8)13-10(4,5)7(3)11/h6-7H,1-5H3,(H,12,13,14). The Balaban J connectivity index is 2.73. The maximum atomic E-state index is 6.08. The molecule has 0 saturated carbocycles. The van der Waals surface area contributed by atoms with Crippen LogP contribution in [0.5, 0.6) is 0 Å². The second-order valence-electron chi connectivity index (χ2n) is 4.58. The first kappa shape index (κ1) is 12.7. The van der Waals surface area contributed by atoms with Crippen molar-refractivity contribution in [1.82, 2.24) is 9.36 Å². The van der Waals surface area contributed by atoms with Crippen molar-refractivity contribution in [3.8, 4) is 0 Å². The summed E-state index contributed by atoms with van der Waals surface area (Å²) in [6, 6.07) is 0. The van der Waals surface area contributed by atoms with E-state index in [4.69, 9.17) is 11.6 Å². The van der Waals surface area contributed by atoms with Crippen molar-refractivity contribution in [2.45, 2.75) is 51.5 Å². The first-order valence-electron chi connectivity index (χ1n) is 5.09. The molecular weight excluding hydrogens is 230 g/mol. The van der Waals surface area contributed by atoms with E-state index in [2.05, 4.69) is 42.4 Å². The maximum absolute atomic E-state index is 6.08. The molecule has 86 valence electrons. The lowest BCUT2D eigenvalue weighted by Gasteiger charge is -2.28. The minimum atomic E-state index is -0.171. The van der Waals surface area contributed by atoms with Crippen LogP contribution in [0.2, 0.25) is 0 Å². The van der Waals surface area contributed by atoms with Crippen molar-refractivity contribution in [3.63, 3.8) is 0 Å². The van der Waals surface area contributed by atoms with Crippen LogP contribution in [0.1, 0.15) is 46.4 Å². The van der Waals surface area contributed by atoms with E-state index in [1.807, 2.05) is 6.92 Å². The molecule has 0 radical (unpaired) electrons. The number of rotatable bonds is 4. The molecule has 1 atom stereocenters. The van der Waals surface area contributed by atoms with Gasteiger partial charge in [0.2, 0.25) is 5.13 Å². The Hall–Kier alpha value is -0.350. The fourth-order valence-corrected chi connectivity index (χ4v) is 1.82. The third-order valence-electron chi connectivity index (χ3n) is 2.38. The van der Waals surface area contributed by atoms with E-state index in [9.17, 15) is 0 Å². The van der Waals surface area contributed by atoms with E-state index in [-0.39, 0.29) is 10.9 Å². The van der Waals surface area contributed by atoms with Gasteiger partial charge in [0.1, 0.15) is 5.82 Å². The van der Waals surface area contributed by atoms with Crippen LogP contribution < -0.4 is 5.32 Å². The zero-order valence-corrected chi connectivity index (χ0v) is 11.4. The lowest BCUT2D eigenvalue weighted by atomic mass is 10.0. The van der Waals surface area contributed by atoms with Gasteiger partial charge in [-0.25, -0.2) is 4.98 Å². The van der Waals surface area contributed by atoms with Gasteiger partial charge in [0.15, 0.2) is 0 Å². The highest BCUT2D eigenvalue weighted by Gasteiger charge is 2.25.